The van der Waals surface area contributed by atoms with E-state index in [1.807, 2.05) is 11.3 Å². The summed E-state index contributed by atoms with van der Waals surface area (Å²) in [5.74, 6) is 0. The first-order chi connectivity index (χ1) is 9.22. The SMILES string of the molecule is CCCNC(Cc1cccs1)c1cccc(C)c1I. The van der Waals surface area contributed by atoms with Crippen molar-refractivity contribution in [1.82, 2.24) is 5.32 Å². The lowest BCUT2D eigenvalue weighted by atomic mass is 10.0. The summed E-state index contributed by atoms with van der Waals surface area (Å²) in [5.41, 5.74) is 2.80. The quantitative estimate of drug-likeness (QED) is 0.695. The summed E-state index contributed by atoms with van der Waals surface area (Å²) in [7, 11) is 0. The molecule has 19 heavy (non-hydrogen) atoms. The average Bonchev–Trinajstić information content (AvgIpc) is 2.91. The topological polar surface area (TPSA) is 12.0 Å². The van der Waals surface area contributed by atoms with Crippen LogP contribution in [0.3, 0.4) is 0 Å². The first kappa shape index (κ1) is 15.0. The van der Waals surface area contributed by atoms with Gasteiger partial charge in [0.15, 0.2) is 0 Å². The highest BCUT2D eigenvalue weighted by Crippen LogP contribution is 2.27. The van der Waals surface area contributed by atoms with Gasteiger partial charge in [-0.1, -0.05) is 31.2 Å². The molecule has 1 nitrogen and oxygen atoms in total. The smallest absolute Gasteiger partial charge is 0.0379 e. The zero-order chi connectivity index (χ0) is 13.7. The summed E-state index contributed by atoms with van der Waals surface area (Å²) < 4.78 is 1.39. The van der Waals surface area contributed by atoms with Gasteiger partial charge in [-0.25, -0.2) is 0 Å². The van der Waals surface area contributed by atoms with Gasteiger partial charge in [0.1, 0.15) is 0 Å². The van der Waals surface area contributed by atoms with Crippen LogP contribution < -0.4 is 5.32 Å². The van der Waals surface area contributed by atoms with Crippen molar-refractivity contribution >= 4 is 33.9 Å². The van der Waals surface area contributed by atoms with Crippen LogP contribution in [0.1, 0.15) is 35.4 Å². The summed E-state index contributed by atoms with van der Waals surface area (Å²) in [4.78, 5) is 1.45. The molecule has 2 rings (SSSR count). The molecule has 0 aliphatic heterocycles. The molecule has 0 fully saturated rings. The van der Waals surface area contributed by atoms with Crippen molar-refractivity contribution in [2.75, 3.05) is 6.54 Å². The third kappa shape index (κ3) is 4.04. The van der Waals surface area contributed by atoms with Crippen molar-refractivity contribution in [2.45, 2.75) is 32.7 Å². The fourth-order valence-corrected chi connectivity index (χ4v) is 3.67. The van der Waals surface area contributed by atoms with Gasteiger partial charge in [-0.05, 0) is 65.1 Å². The molecule has 3 heteroatoms. The molecule has 0 bridgehead atoms. The molecular formula is C16H20INS. The van der Waals surface area contributed by atoms with E-state index in [0.717, 1.165) is 13.0 Å². The van der Waals surface area contributed by atoms with E-state index in [9.17, 15) is 0 Å². The maximum absolute atomic E-state index is 3.69. The van der Waals surface area contributed by atoms with E-state index in [2.05, 4.69) is 77.5 Å². The number of thiophene rings is 1. The van der Waals surface area contributed by atoms with Gasteiger partial charge in [-0.2, -0.15) is 0 Å². The fourth-order valence-electron chi connectivity index (χ4n) is 2.18. The minimum absolute atomic E-state index is 0.422. The van der Waals surface area contributed by atoms with Gasteiger partial charge in [0.05, 0.1) is 0 Å². The van der Waals surface area contributed by atoms with E-state index in [-0.39, 0.29) is 0 Å². The molecule has 2 aromatic rings. The van der Waals surface area contributed by atoms with Crippen LogP contribution in [0.2, 0.25) is 0 Å². The lowest BCUT2D eigenvalue weighted by Crippen LogP contribution is -2.24. The van der Waals surface area contributed by atoms with Crippen LogP contribution in [0, 0.1) is 10.5 Å². The van der Waals surface area contributed by atoms with Gasteiger partial charge < -0.3 is 5.32 Å². The Kier molecular flexibility index (Phi) is 5.85. The van der Waals surface area contributed by atoms with Gasteiger partial charge in [0.2, 0.25) is 0 Å². The third-order valence-electron chi connectivity index (χ3n) is 3.22. The molecule has 0 aliphatic carbocycles. The second-order valence-electron chi connectivity index (χ2n) is 4.77. The largest absolute Gasteiger partial charge is 0.310 e. The first-order valence-corrected chi connectivity index (χ1v) is 8.69. The molecule has 1 heterocycles. The van der Waals surface area contributed by atoms with E-state index in [0.29, 0.717) is 6.04 Å². The van der Waals surface area contributed by atoms with E-state index >= 15 is 0 Å². The number of halogens is 1. The van der Waals surface area contributed by atoms with Crippen molar-refractivity contribution < 1.29 is 0 Å². The highest BCUT2D eigenvalue weighted by molar-refractivity contribution is 14.1. The molecule has 1 aromatic heterocycles. The Morgan fingerprint density at radius 3 is 2.79 bits per heavy atom. The average molecular weight is 385 g/mol. The van der Waals surface area contributed by atoms with Crippen molar-refractivity contribution in [3.8, 4) is 0 Å². The summed E-state index contributed by atoms with van der Waals surface area (Å²) in [5, 5.41) is 5.85. The molecular weight excluding hydrogens is 365 g/mol. The van der Waals surface area contributed by atoms with Gasteiger partial charge >= 0.3 is 0 Å². The van der Waals surface area contributed by atoms with Crippen LogP contribution >= 0.6 is 33.9 Å². The Hall–Kier alpha value is -0.390. The predicted molar refractivity (Wildman–Crippen MR) is 93.0 cm³/mol. The van der Waals surface area contributed by atoms with E-state index in [1.54, 1.807) is 0 Å². The van der Waals surface area contributed by atoms with Gasteiger partial charge in [-0.15, -0.1) is 11.3 Å². The normalized spacial score (nSPS) is 12.6. The number of hydrogen-bond donors (Lipinski definition) is 1. The standard InChI is InChI=1S/C16H20INS/c1-3-9-18-15(11-13-7-5-10-19-13)14-8-4-6-12(2)16(14)17/h4-8,10,15,18H,3,9,11H2,1-2H3. The molecule has 102 valence electrons. The third-order valence-corrected chi connectivity index (χ3v) is 5.60. The predicted octanol–water partition coefficient (Wildman–Crippen LogP) is 4.94. The number of benzene rings is 1. The van der Waals surface area contributed by atoms with E-state index < -0.39 is 0 Å². The van der Waals surface area contributed by atoms with Crippen molar-refractivity contribution in [3.63, 3.8) is 0 Å². The van der Waals surface area contributed by atoms with E-state index in [4.69, 9.17) is 0 Å². The van der Waals surface area contributed by atoms with Crippen molar-refractivity contribution in [1.29, 1.82) is 0 Å². The summed E-state index contributed by atoms with van der Waals surface area (Å²) in [6.45, 7) is 5.48. The molecule has 0 amide bonds. The number of rotatable bonds is 6. The molecule has 1 aromatic carbocycles. The van der Waals surface area contributed by atoms with E-state index in [1.165, 1.54) is 26.0 Å². The Bertz CT molecular complexity index is 507. The van der Waals surface area contributed by atoms with Crippen LogP contribution in [0.15, 0.2) is 35.7 Å². The number of hydrogen-bond acceptors (Lipinski definition) is 2. The monoisotopic (exact) mass is 385 g/mol. The highest BCUT2D eigenvalue weighted by atomic mass is 127. The van der Waals surface area contributed by atoms with Gasteiger partial charge in [-0.3, -0.25) is 0 Å². The Morgan fingerprint density at radius 1 is 1.26 bits per heavy atom. The minimum atomic E-state index is 0.422. The minimum Gasteiger partial charge on any atom is -0.310 e. The summed E-state index contributed by atoms with van der Waals surface area (Å²) >= 11 is 4.32. The fraction of sp³-hybridized carbons (Fsp3) is 0.375. The molecule has 0 saturated heterocycles. The van der Waals surface area contributed by atoms with Crippen LogP contribution in [-0.4, -0.2) is 6.54 Å². The zero-order valence-electron chi connectivity index (χ0n) is 11.4. The molecule has 0 saturated carbocycles. The second-order valence-corrected chi connectivity index (χ2v) is 6.88. The molecule has 1 N–H and O–H groups in total. The first-order valence-electron chi connectivity index (χ1n) is 6.73. The van der Waals surface area contributed by atoms with Crippen LogP contribution in [0.25, 0.3) is 0 Å². The molecule has 1 atom stereocenters. The van der Waals surface area contributed by atoms with Crippen LogP contribution in [0.4, 0.5) is 0 Å². The van der Waals surface area contributed by atoms with Crippen LogP contribution in [-0.2, 0) is 6.42 Å². The maximum Gasteiger partial charge on any atom is 0.0379 e. The Labute approximate surface area is 133 Å². The summed E-state index contributed by atoms with van der Waals surface area (Å²) in [6, 6.07) is 11.4. The molecule has 1 unspecified atom stereocenters. The highest BCUT2D eigenvalue weighted by Gasteiger charge is 2.15. The zero-order valence-corrected chi connectivity index (χ0v) is 14.4. The molecule has 0 aliphatic rings. The lowest BCUT2D eigenvalue weighted by Gasteiger charge is -2.20. The number of nitrogens with one attached hydrogen (secondary N) is 1. The summed E-state index contributed by atoms with van der Waals surface area (Å²) in [6.07, 6.45) is 2.25. The maximum atomic E-state index is 3.69. The van der Waals surface area contributed by atoms with Crippen LogP contribution in [0.5, 0.6) is 0 Å². The van der Waals surface area contributed by atoms with Crippen molar-refractivity contribution in [2.24, 2.45) is 0 Å². The number of aryl methyl sites for hydroxylation is 1. The Morgan fingerprint density at radius 2 is 2.11 bits per heavy atom. The molecule has 0 spiro atoms. The second kappa shape index (κ2) is 7.41. The van der Waals surface area contributed by atoms with Crippen molar-refractivity contribution in [3.05, 3.63) is 55.3 Å². The van der Waals surface area contributed by atoms with Gasteiger partial charge in [0, 0.05) is 20.9 Å². The van der Waals surface area contributed by atoms with Gasteiger partial charge in [0.25, 0.3) is 0 Å². The lowest BCUT2D eigenvalue weighted by molar-refractivity contribution is 0.530. The Balaban J connectivity index is 2.23. The molecule has 0 radical (unpaired) electrons.